The van der Waals surface area contributed by atoms with E-state index in [4.69, 9.17) is 11.6 Å². The third kappa shape index (κ3) is 3.59. The highest BCUT2D eigenvalue weighted by atomic mass is 35.5. The van der Waals surface area contributed by atoms with Crippen LogP contribution in [0.2, 0.25) is 5.15 Å². The van der Waals surface area contributed by atoms with Crippen molar-refractivity contribution < 1.29 is 0 Å². The lowest BCUT2D eigenvalue weighted by molar-refractivity contribution is 0.516. The van der Waals surface area contributed by atoms with Crippen LogP contribution in [0, 0.1) is 13.8 Å². The molecule has 0 fully saturated rings. The minimum atomic E-state index is 0.335. The fraction of sp³-hybridized carbons (Fsp3) is 0.571. The third-order valence-electron chi connectivity index (χ3n) is 3.34. The summed E-state index contributed by atoms with van der Waals surface area (Å²) in [7, 11) is 1.88. The molecule has 0 spiro atoms. The monoisotopic (exact) mass is 312 g/mol. The van der Waals surface area contributed by atoms with Crippen molar-refractivity contribution in [1.29, 1.82) is 0 Å². The fourth-order valence-corrected chi connectivity index (χ4v) is 3.29. The van der Waals surface area contributed by atoms with Crippen LogP contribution in [0.3, 0.4) is 0 Å². The van der Waals surface area contributed by atoms with E-state index in [1.165, 1.54) is 0 Å². The number of hydrogen-bond acceptors (Lipinski definition) is 4. The molecule has 0 aliphatic carbocycles. The summed E-state index contributed by atoms with van der Waals surface area (Å²) >= 11 is 8.02. The first kappa shape index (κ1) is 15.5. The highest BCUT2D eigenvalue weighted by molar-refractivity contribution is 7.09. The van der Waals surface area contributed by atoms with Crippen molar-refractivity contribution in [3.8, 4) is 0 Å². The SMILES string of the molecule is CCNC(Cc1csc(C)n1)Cc1c(C)nn(C)c1Cl. The van der Waals surface area contributed by atoms with Crippen molar-refractivity contribution in [2.24, 2.45) is 7.05 Å². The zero-order valence-electron chi connectivity index (χ0n) is 12.4. The molecule has 2 heterocycles. The number of aryl methyl sites for hydroxylation is 3. The maximum atomic E-state index is 6.32. The molecule has 0 bridgehead atoms. The summed E-state index contributed by atoms with van der Waals surface area (Å²) in [5.74, 6) is 0. The quantitative estimate of drug-likeness (QED) is 0.892. The van der Waals surface area contributed by atoms with Gasteiger partial charge >= 0.3 is 0 Å². The highest BCUT2D eigenvalue weighted by Crippen LogP contribution is 2.21. The molecule has 0 saturated heterocycles. The van der Waals surface area contributed by atoms with Gasteiger partial charge in [0.1, 0.15) is 5.15 Å². The number of likely N-dealkylation sites (N-methyl/N-ethyl adjacent to an activating group) is 1. The Labute approximate surface area is 129 Å². The van der Waals surface area contributed by atoms with Gasteiger partial charge < -0.3 is 5.32 Å². The molecule has 1 atom stereocenters. The van der Waals surface area contributed by atoms with Crippen molar-refractivity contribution in [1.82, 2.24) is 20.1 Å². The molecule has 0 aliphatic heterocycles. The molecule has 0 aromatic carbocycles. The number of rotatable bonds is 6. The largest absolute Gasteiger partial charge is 0.314 e. The van der Waals surface area contributed by atoms with Gasteiger partial charge in [-0.2, -0.15) is 5.10 Å². The van der Waals surface area contributed by atoms with Crippen LogP contribution in [-0.2, 0) is 19.9 Å². The molecule has 6 heteroatoms. The minimum Gasteiger partial charge on any atom is -0.314 e. The Hall–Kier alpha value is -0.910. The molecule has 2 aromatic rings. The van der Waals surface area contributed by atoms with Gasteiger partial charge in [0.25, 0.3) is 0 Å². The van der Waals surface area contributed by atoms with Crippen molar-refractivity contribution in [2.45, 2.75) is 39.7 Å². The summed E-state index contributed by atoms with van der Waals surface area (Å²) in [6, 6.07) is 0.335. The zero-order chi connectivity index (χ0) is 14.7. The van der Waals surface area contributed by atoms with Crippen molar-refractivity contribution >= 4 is 22.9 Å². The number of thiazole rings is 1. The van der Waals surface area contributed by atoms with Crippen LogP contribution in [0.5, 0.6) is 0 Å². The zero-order valence-corrected chi connectivity index (χ0v) is 14.0. The number of halogens is 1. The Morgan fingerprint density at radius 1 is 1.40 bits per heavy atom. The van der Waals surface area contributed by atoms with Gasteiger partial charge in [-0.05, 0) is 26.8 Å². The summed E-state index contributed by atoms with van der Waals surface area (Å²) in [5, 5.41) is 11.9. The molecule has 2 rings (SSSR count). The van der Waals surface area contributed by atoms with Crippen LogP contribution >= 0.6 is 22.9 Å². The predicted molar refractivity (Wildman–Crippen MR) is 84.7 cm³/mol. The summed E-state index contributed by atoms with van der Waals surface area (Å²) in [6.45, 7) is 7.11. The van der Waals surface area contributed by atoms with E-state index in [0.717, 1.165) is 46.5 Å². The normalized spacial score (nSPS) is 12.8. The van der Waals surface area contributed by atoms with Crippen molar-refractivity contribution in [3.05, 3.63) is 32.5 Å². The molecular weight excluding hydrogens is 292 g/mol. The van der Waals surface area contributed by atoms with E-state index in [1.807, 2.05) is 20.9 Å². The van der Waals surface area contributed by atoms with Crippen LogP contribution in [0.1, 0.15) is 28.9 Å². The summed E-state index contributed by atoms with van der Waals surface area (Å²) in [4.78, 5) is 4.55. The van der Waals surface area contributed by atoms with Gasteiger partial charge in [-0.25, -0.2) is 4.98 Å². The second-order valence-corrected chi connectivity index (χ2v) is 6.42. The summed E-state index contributed by atoms with van der Waals surface area (Å²) in [6.07, 6.45) is 1.80. The van der Waals surface area contributed by atoms with Crippen molar-refractivity contribution in [2.75, 3.05) is 6.54 Å². The smallest absolute Gasteiger partial charge is 0.130 e. The number of aromatic nitrogens is 3. The molecule has 0 saturated carbocycles. The van der Waals surface area contributed by atoms with Gasteiger partial charge in [-0.3, -0.25) is 4.68 Å². The lowest BCUT2D eigenvalue weighted by Gasteiger charge is -2.16. The second kappa shape index (κ2) is 6.70. The van der Waals surface area contributed by atoms with Gasteiger partial charge in [0.15, 0.2) is 0 Å². The predicted octanol–water partition coefficient (Wildman–Crippen LogP) is 2.91. The molecule has 0 radical (unpaired) electrons. The Morgan fingerprint density at radius 2 is 2.15 bits per heavy atom. The van der Waals surface area contributed by atoms with Crippen LogP contribution in [-0.4, -0.2) is 27.4 Å². The standard InChI is InChI=1S/C14H21ClN4S/c1-5-16-11(6-12-8-20-10(3)17-12)7-13-9(2)18-19(4)14(13)15/h8,11,16H,5-7H2,1-4H3. The Balaban J connectivity index is 2.12. The minimum absolute atomic E-state index is 0.335. The van der Waals surface area contributed by atoms with Gasteiger partial charge in [-0.15, -0.1) is 11.3 Å². The van der Waals surface area contributed by atoms with E-state index < -0.39 is 0 Å². The number of nitrogens with one attached hydrogen (secondary N) is 1. The first-order chi connectivity index (χ1) is 9.51. The maximum Gasteiger partial charge on any atom is 0.130 e. The van der Waals surface area contributed by atoms with E-state index in [2.05, 4.69) is 27.7 Å². The van der Waals surface area contributed by atoms with Gasteiger partial charge in [0.2, 0.25) is 0 Å². The van der Waals surface area contributed by atoms with E-state index in [1.54, 1.807) is 16.0 Å². The first-order valence-corrected chi connectivity index (χ1v) is 8.09. The molecule has 2 aromatic heterocycles. The van der Waals surface area contributed by atoms with E-state index >= 15 is 0 Å². The highest BCUT2D eigenvalue weighted by Gasteiger charge is 2.17. The van der Waals surface area contributed by atoms with Gasteiger partial charge in [-0.1, -0.05) is 18.5 Å². The molecule has 1 N–H and O–H groups in total. The Bertz CT molecular complexity index is 576. The maximum absolute atomic E-state index is 6.32. The molecular formula is C14H21ClN4S. The molecule has 0 aliphatic rings. The molecule has 0 amide bonds. The Kier molecular flexibility index (Phi) is 5.18. The van der Waals surface area contributed by atoms with Gasteiger partial charge in [0.05, 0.1) is 16.4 Å². The van der Waals surface area contributed by atoms with Crippen LogP contribution in [0.15, 0.2) is 5.38 Å². The van der Waals surface area contributed by atoms with Crippen LogP contribution < -0.4 is 5.32 Å². The van der Waals surface area contributed by atoms with Gasteiger partial charge in [0, 0.05) is 30.5 Å². The number of hydrogen-bond donors (Lipinski definition) is 1. The topological polar surface area (TPSA) is 42.7 Å². The van der Waals surface area contributed by atoms with E-state index in [0.29, 0.717) is 6.04 Å². The number of nitrogens with zero attached hydrogens (tertiary/aromatic N) is 3. The van der Waals surface area contributed by atoms with E-state index in [9.17, 15) is 0 Å². The van der Waals surface area contributed by atoms with Crippen molar-refractivity contribution in [3.63, 3.8) is 0 Å². The second-order valence-electron chi connectivity index (χ2n) is 5.00. The average molecular weight is 313 g/mol. The summed E-state index contributed by atoms with van der Waals surface area (Å²) < 4.78 is 1.74. The molecule has 110 valence electrons. The lowest BCUT2D eigenvalue weighted by Crippen LogP contribution is -2.33. The fourth-order valence-electron chi connectivity index (χ4n) is 2.41. The Morgan fingerprint density at radius 3 is 2.65 bits per heavy atom. The molecule has 1 unspecified atom stereocenters. The molecule has 4 nitrogen and oxygen atoms in total. The van der Waals surface area contributed by atoms with Crippen LogP contribution in [0.4, 0.5) is 0 Å². The molecule has 20 heavy (non-hydrogen) atoms. The van der Waals surface area contributed by atoms with Crippen LogP contribution in [0.25, 0.3) is 0 Å². The summed E-state index contributed by atoms with van der Waals surface area (Å²) in [5.41, 5.74) is 3.29. The lowest BCUT2D eigenvalue weighted by atomic mass is 10.0. The average Bonchev–Trinajstić information content (AvgIpc) is 2.89. The third-order valence-corrected chi connectivity index (χ3v) is 4.63. The first-order valence-electron chi connectivity index (χ1n) is 6.83. The van der Waals surface area contributed by atoms with E-state index in [-0.39, 0.29) is 0 Å².